The van der Waals surface area contributed by atoms with Crippen LogP contribution in [0.3, 0.4) is 0 Å². The molecule has 7 heteroatoms. The Morgan fingerprint density at radius 1 is 0.844 bits per heavy atom. The number of hydrogen-bond donors (Lipinski definition) is 0. The van der Waals surface area contributed by atoms with Crippen LogP contribution < -0.4 is 4.90 Å². The maximum Gasteiger partial charge on any atom is 0.233 e. The number of unbranched alkanes of at least 4 members (excludes halogenated alkanes) is 1. The average molecular weight is 453 g/mol. The van der Waals surface area contributed by atoms with Crippen LogP contribution in [0.1, 0.15) is 38.5 Å². The van der Waals surface area contributed by atoms with Gasteiger partial charge >= 0.3 is 0 Å². The van der Waals surface area contributed by atoms with Crippen molar-refractivity contribution in [3.63, 3.8) is 0 Å². The lowest BCUT2D eigenvalue weighted by atomic mass is 9.59. The highest BCUT2D eigenvalue weighted by molar-refractivity contribution is 7.13. The highest BCUT2D eigenvalue weighted by Gasteiger charge is 2.57. The normalized spacial score (nSPS) is 30.5. The molecule has 0 N–H and O–H groups in total. The molecule has 1 aromatic heterocycles. The van der Waals surface area contributed by atoms with Gasteiger partial charge in [-0.1, -0.05) is 12.1 Å². The standard InChI is InChI=1S/C25H32N4O2S/c30-24-21-17-7-8-18(10-9-17)22(21)25(31)29(24)12-4-3-11-27-13-15-28(16-14-27)23-19-5-1-2-6-20(19)32-26-23/h1-2,5-6,17-18,21-22H,3-4,7-16H2. The summed E-state index contributed by atoms with van der Waals surface area (Å²) in [4.78, 5) is 32.5. The molecule has 2 atom stereocenters. The van der Waals surface area contributed by atoms with Crippen molar-refractivity contribution in [1.82, 2.24) is 14.2 Å². The number of rotatable bonds is 6. The van der Waals surface area contributed by atoms with E-state index in [0.29, 0.717) is 18.4 Å². The van der Waals surface area contributed by atoms with Gasteiger partial charge in [0.25, 0.3) is 0 Å². The number of benzene rings is 1. The van der Waals surface area contributed by atoms with Crippen LogP contribution in [0.15, 0.2) is 24.3 Å². The smallest absolute Gasteiger partial charge is 0.233 e. The van der Waals surface area contributed by atoms with E-state index in [1.54, 1.807) is 16.4 Å². The quantitative estimate of drug-likeness (QED) is 0.495. The molecule has 2 aromatic rings. The lowest BCUT2D eigenvalue weighted by molar-refractivity contribution is -0.140. The monoisotopic (exact) mass is 452 g/mol. The molecule has 2 unspecified atom stereocenters. The predicted octanol–water partition coefficient (Wildman–Crippen LogP) is 3.62. The molecule has 1 aromatic carbocycles. The summed E-state index contributed by atoms with van der Waals surface area (Å²) < 4.78 is 5.96. The minimum absolute atomic E-state index is 0.0184. The molecule has 0 spiro atoms. The first-order valence-electron chi connectivity index (χ1n) is 12.4. The van der Waals surface area contributed by atoms with E-state index in [0.717, 1.165) is 77.1 Å². The fourth-order valence-electron chi connectivity index (χ4n) is 6.74. The van der Waals surface area contributed by atoms with E-state index >= 15 is 0 Å². The third-order valence-electron chi connectivity index (χ3n) is 8.46. The molecule has 2 aliphatic heterocycles. The van der Waals surface area contributed by atoms with Gasteiger partial charge in [-0.15, -0.1) is 0 Å². The zero-order chi connectivity index (χ0) is 21.7. The molecule has 3 heterocycles. The zero-order valence-corrected chi connectivity index (χ0v) is 19.4. The van der Waals surface area contributed by atoms with Crippen LogP contribution in [-0.2, 0) is 9.59 Å². The van der Waals surface area contributed by atoms with Gasteiger partial charge in [0, 0.05) is 38.1 Å². The number of anilines is 1. The summed E-state index contributed by atoms with van der Waals surface area (Å²) in [6.45, 7) is 5.75. The maximum atomic E-state index is 13.0. The van der Waals surface area contributed by atoms with Gasteiger partial charge in [-0.05, 0) is 80.6 Å². The number of fused-ring (bicyclic) bond motifs is 3. The van der Waals surface area contributed by atoms with Gasteiger partial charge in [0.2, 0.25) is 11.8 Å². The molecule has 2 bridgehead atoms. The van der Waals surface area contributed by atoms with Crippen LogP contribution in [0.2, 0.25) is 0 Å². The van der Waals surface area contributed by atoms with Crippen molar-refractivity contribution in [2.45, 2.75) is 38.5 Å². The van der Waals surface area contributed by atoms with E-state index in [1.807, 2.05) is 0 Å². The zero-order valence-electron chi connectivity index (χ0n) is 18.6. The Hall–Kier alpha value is -1.99. The van der Waals surface area contributed by atoms with Gasteiger partial charge in [0.05, 0.1) is 16.5 Å². The molecule has 6 nitrogen and oxygen atoms in total. The summed E-state index contributed by atoms with van der Waals surface area (Å²) in [7, 11) is 0. The number of hydrogen-bond acceptors (Lipinski definition) is 6. The molecule has 0 radical (unpaired) electrons. The SMILES string of the molecule is O=C1C2C3CCC(CC3)C2C(=O)N1CCCCN1CCN(c2nsc3ccccc23)CC1. The fourth-order valence-corrected chi connectivity index (χ4v) is 7.53. The fraction of sp³-hybridized carbons (Fsp3) is 0.640. The Bertz CT molecular complexity index is 976. The van der Waals surface area contributed by atoms with Crippen LogP contribution in [0.25, 0.3) is 10.1 Å². The Morgan fingerprint density at radius 2 is 1.47 bits per heavy atom. The summed E-state index contributed by atoms with van der Waals surface area (Å²) in [6.07, 6.45) is 6.58. The summed E-state index contributed by atoms with van der Waals surface area (Å²) in [5, 5.41) is 1.26. The van der Waals surface area contributed by atoms with Gasteiger partial charge < -0.3 is 4.90 Å². The van der Waals surface area contributed by atoms with Gasteiger partial charge in [0.1, 0.15) is 5.82 Å². The second kappa shape index (κ2) is 8.41. The highest BCUT2D eigenvalue weighted by atomic mass is 32.1. The van der Waals surface area contributed by atoms with Gasteiger partial charge in [0.15, 0.2) is 0 Å². The van der Waals surface area contributed by atoms with E-state index in [9.17, 15) is 9.59 Å². The molecular weight excluding hydrogens is 420 g/mol. The Morgan fingerprint density at radius 3 is 2.16 bits per heavy atom. The number of imide groups is 1. The number of likely N-dealkylation sites (tertiary alicyclic amines) is 1. The van der Waals surface area contributed by atoms with Crippen molar-refractivity contribution >= 4 is 39.3 Å². The van der Waals surface area contributed by atoms with Gasteiger partial charge in [-0.3, -0.25) is 19.4 Å². The molecule has 7 rings (SSSR count). The van der Waals surface area contributed by atoms with Crippen molar-refractivity contribution in [3.8, 4) is 0 Å². The molecule has 3 aliphatic carbocycles. The van der Waals surface area contributed by atoms with Gasteiger partial charge in [-0.2, -0.15) is 4.37 Å². The average Bonchev–Trinajstić information content (AvgIpc) is 3.39. The number of carbonyl (C=O) groups is 2. The molecule has 2 amide bonds. The van der Waals surface area contributed by atoms with Crippen LogP contribution in [0.4, 0.5) is 5.82 Å². The van der Waals surface area contributed by atoms with Crippen LogP contribution in [-0.4, -0.2) is 65.3 Å². The number of piperazine rings is 1. The first-order chi connectivity index (χ1) is 15.7. The second-order valence-electron chi connectivity index (χ2n) is 10.1. The Labute approximate surface area is 193 Å². The van der Waals surface area contributed by atoms with E-state index in [2.05, 4.69) is 34.1 Å². The molecule has 170 valence electrons. The summed E-state index contributed by atoms with van der Waals surface area (Å²) >= 11 is 1.58. The highest BCUT2D eigenvalue weighted by Crippen LogP contribution is 2.52. The summed E-state index contributed by atoms with van der Waals surface area (Å²) in [6, 6.07) is 8.47. The molecular formula is C25H32N4O2S. The number of nitrogens with zero attached hydrogens (tertiary/aromatic N) is 4. The lowest BCUT2D eigenvalue weighted by Gasteiger charge is -2.42. The minimum Gasteiger partial charge on any atom is -0.353 e. The van der Waals surface area contributed by atoms with Crippen molar-refractivity contribution < 1.29 is 9.59 Å². The van der Waals surface area contributed by atoms with E-state index in [1.165, 1.54) is 10.1 Å². The molecule has 5 fully saturated rings. The summed E-state index contributed by atoms with van der Waals surface area (Å²) in [5.41, 5.74) is 0. The van der Waals surface area contributed by atoms with E-state index in [-0.39, 0.29) is 23.7 Å². The lowest BCUT2D eigenvalue weighted by Crippen LogP contribution is -2.46. The predicted molar refractivity (Wildman–Crippen MR) is 127 cm³/mol. The number of aromatic nitrogens is 1. The molecule has 5 aliphatic rings. The largest absolute Gasteiger partial charge is 0.353 e. The minimum atomic E-state index is 0.0184. The molecule has 32 heavy (non-hydrogen) atoms. The third kappa shape index (κ3) is 3.45. The van der Waals surface area contributed by atoms with E-state index < -0.39 is 0 Å². The van der Waals surface area contributed by atoms with E-state index in [4.69, 9.17) is 4.37 Å². The topological polar surface area (TPSA) is 56.8 Å². The van der Waals surface area contributed by atoms with Crippen molar-refractivity contribution in [3.05, 3.63) is 24.3 Å². The third-order valence-corrected chi connectivity index (χ3v) is 9.27. The second-order valence-corrected chi connectivity index (χ2v) is 10.9. The van der Waals surface area contributed by atoms with Crippen LogP contribution >= 0.6 is 11.5 Å². The maximum absolute atomic E-state index is 13.0. The summed E-state index contributed by atoms with van der Waals surface area (Å²) in [5.74, 6) is 2.41. The van der Waals surface area contributed by atoms with Crippen LogP contribution in [0, 0.1) is 23.7 Å². The number of amides is 2. The van der Waals surface area contributed by atoms with Crippen molar-refractivity contribution in [2.24, 2.45) is 23.7 Å². The number of carbonyl (C=O) groups excluding carboxylic acids is 2. The van der Waals surface area contributed by atoms with Crippen LogP contribution in [0.5, 0.6) is 0 Å². The van der Waals surface area contributed by atoms with Crippen molar-refractivity contribution in [2.75, 3.05) is 44.2 Å². The van der Waals surface area contributed by atoms with Crippen molar-refractivity contribution in [1.29, 1.82) is 0 Å². The molecule has 2 saturated heterocycles. The first kappa shape index (κ1) is 20.6. The Kier molecular flexibility index (Phi) is 5.42. The Balaban J connectivity index is 0.974. The first-order valence-corrected chi connectivity index (χ1v) is 13.1. The van der Waals surface area contributed by atoms with Gasteiger partial charge in [-0.25, -0.2) is 0 Å². The molecule has 3 saturated carbocycles.